The van der Waals surface area contributed by atoms with E-state index in [9.17, 15) is 10.1 Å². The van der Waals surface area contributed by atoms with Crippen molar-refractivity contribution in [2.45, 2.75) is 18.7 Å². The summed E-state index contributed by atoms with van der Waals surface area (Å²) in [4.78, 5) is 17.7. The molecule has 0 saturated heterocycles. The van der Waals surface area contributed by atoms with E-state index < -0.39 is 0 Å². The molecule has 0 saturated carbocycles. The maximum atomic E-state index is 12.0. The number of fused-ring (bicyclic) bond motifs is 1. The van der Waals surface area contributed by atoms with Crippen LogP contribution in [0.15, 0.2) is 47.4 Å². The fourth-order valence-electron chi connectivity index (χ4n) is 2.87. The fraction of sp³-hybridized carbons (Fsp3) is 0.227. The molecule has 6 nitrogen and oxygen atoms in total. The number of carbonyl (C=O) groups excluding carboxylic acids is 1. The van der Waals surface area contributed by atoms with E-state index in [0.717, 1.165) is 27.0 Å². The molecule has 29 heavy (non-hydrogen) atoms. The molecule has 0 unspecified atom stereocenters. The zero-order chi connectivity index (χ0) is 20.8. The average Bonchev–Trinajstić information content (AvgIpc) is 2.72. The molecule has 1 aromatic heterocycles. The summed E-state index contributed by atoms with van der Waals surface area (Å²) in [5.41, 5.74) is 4.39. The van der Waals surface area contributed by atoms with Crippen LogP contribution in [0.5, 0.6) is 0 Å². The third kappa shape index (κ3) is 5.18. The second-order valence-corrected chi connectivity index (χ2v) is 7.54. The van der Waals surface area contributed by atoms with Crippen LogP contribution in [0.25, 0.3) is 10.9 Å². The summed E-state index contributed by atoms with van der Waals surface area (Å²) < 4.78 is 0. The van der Waals surface area contributed by atoms with Gasteiger partial charge in [0, 0.05) is 29.1 Å². The first-order valence-corrected chi connectivity index (χ1v) is 10.5. The number of benzene rings is 2. The summed E-state index contributed by atoms with van der Waals surface area (Å²) in [6.07, 6.45) is 2.01. The van der Waals surface area contributed by atoms with E-state index in [0.29, 0.717) is 24.5 Å². The minimum absolute atomic E-state index is 0.276. The lowest BCUT2D eigenvalue weighted by Crippen LogP contribution is -2.32. The Kier molecular flexibility index (Phi) is 6.57. The minimum atomic E-state index is -0.276. The highest BCUT2D eigenvalue weighted by molar-refractivity contribution is 7.98. The van der Waals surface area contributed by atoms with Gasteiger partial charge in [0.15, 0.2) is 0 Å². The first kappa shape index (κ1) is 20.5. The SMILES string of the molecule is CSc1ccc(NC(=O)NCCNc2nc3cc(C)c(C)cc3cc2C#N)cc1. The maximum Gasteiger partial charge on any atom is 0.319 e. The van der Waals surface area contributed by atoms with Gasteiger partial charge in [-0.1, -0.05) is 0 Å². The number of aromatic nitrogens is 1. The number of carbonyl (C=O) groups is 1. The largest absolute Gasteiger partial charge is 0.367 e. The van der Waals surface area contributed by atoms with Crippen molar-refractivity contribution in [1.29, 1.82) is 5.26 Å². The van der Waals surface area contributed by atoms with Crippen molar-refractivity contribution in [2.24, 2.45) is 0 Å². The standard InChI is InChI=1S/C22H23N5OS/c1-14-10-16-12-17(13-23)21(27-20(16)11-15(14)2)24-8-9-25-22(28)26-18-4-6-19(29-3)7-5-18/h4-7,10-12H,8-9H2,1-3H3,(H,24,27)(H2,25,26,28). The van der Waals surface area contributed by atoms with Crippen LogP contribution in [0.4, 0.5) is 16.3 Å². The van der Waals surface area contributed by atoms with Crippen molar-refractivity contribution in [2.75, 3.05) is 30.0 Å². The summed E-state index contributed by atoms with van der Waals surface area (Å²) in [6.45, 7) is 4.93. The van der Waals surface area contributed by atoms with Crippen LogP contribution < -0.4 is 16.0 Å². The number of nitrogens with zero attached hydrogens (tertiary/aromatic N) is 2. The van der Waals surface area contributed by atoms with Gasteiger partial charge in [-0.15, -0.1) is 11.8 Å². The Morgan fingerprint density at radius 1 is 1.10 bits per heavy atom. The van der Waals surface area contributed by atoms with Crippen molar-refractivity contribution in [3.8, 4) is 6.07 Å². The van der Waals surface area contributed by atoms with Crippen molar-refractivity contribution < 1.29 is 4.79 Å². The summed E-state index contributed by atoms with van der Waals surface area (Å²) in [5, 5.41) is 19.1. The van der Waals surface area contributed by atoms with Crippen LogP contribution >= 0.6 is 11.8 Å². The molecule has 3 rings (SSSR count). The number of anilines is 2. The topological polar surface area (TPSA) is 89.8 Å². The van der Waals surface area contributed by atoms with E-state index in [1.54, 1.807) is 11.8 Å². The van der Waals surface area contributed by atoms with E-state index in [-0.39, 0.29) is 6.03 Å². The van der Waals surface area contributed by atoms with Crippen LogP contribution in [0.2, 0.25) is 0 Å². The van der Waals surface area contributed by atoms with E-state index in [1.165, 1.54) is 5.56 Å². The first-order chi connectivity index (χ1) is 14.0. The Balaban J connectivity index is 1.56. The molecule has 0 atom stereocenters. The second kappa shape index (κ2) is 9.30. The molecule has 148 valence electrons. The van der Waals surface area contributed by atoms with E-state index in [1.807, 2.05) is 62.6 Å². The third-order valence-electron chi connectivity index (χ3n) is 4.60. The van der Waals surface area contributed by atoms with Gasteiger partial charge in [0.1, 0.15) is 11.9 Å². The van der Waals surface area contributed by atoms with Gasteiger partial charge in [0.25, 0.3) is 0 Å². The van der Waals surface area contributed by atoms with Crippen LogP contribution in [0.1, 0.15) is 16.7 Å². The monoisotopic (exact) mass is 405 g/mol. The van der Waals surface area contributed by atoms with Crippen LogP contribution in [0, 0.1) is 25.2 Å². The average molecular weight is 406 g/mol. The van der Waals surface area contributed by atoms with Gasteiger partial charge < -0.3 is 16.0 Å². The second-order valence-electron chi connectivity index (χ2n) is 6.66. The van der Waals surface area contributed by atoms with E-state index in [4.69, 9.17) is 0 Å². The molecular formula is C22H23N5OS. The Morgan fingerprint density at radius 3 is 2.52 bits per heavy atom. The van der Waals surface area contributed by atoms with Gasteiger partial charge in [0.05, 0.1) is 11.1 Å². The molecule has 0 aliphatic heterocycles. The van der Waals surface area contributed by atoms with Crippen LogP contribution in [-0.4, -0.2) is 30.4 Å². The van der Waals surface area contributed by atoms with Crippen molar-refractivity contribution in [3.05, 3.63) is 59.2 Å². The highest BCUT2D eigenvalue weighted by Crippen LogP contribution is 2.23. The van der Waals surface area contributed by atoms with Crippen LogP contribution in [0.3, 0.4) is 0 Å². The lowest BCUT2D eigenvalue weighted by atomic mass is 10.0. The number of pyridine rings is 1. The summed E-state index contributed by atoms with van der Waals surface area (Å²) >= 11 is 1.65. The third-order valence-corrected chi connectivity index (χ3v) is 5.35. The van der Waals surface area contributed by atoms with Gasteiger partial charge in [0.2, 0.25) is 0 Å². The lowest BCUT2D eigenvalue weighted by Gasteiger charge is -2.11. The fourth-order valence-corrected chi connectivity index (χ4v) is 3.28. The number of nitriles is 1. The minimum Gasteiger partial charge on any atom is -0.367 e. The van der Waals surface area contributed by atoms with Gasteiger partial charge >= 0.3 is 6.03 Å². The molecule has 3 aromatic rings. The first-order valence-electron chi connectivity index (χ1n) is 9.25. The molecule has 0 spiro atoms. The van der Waals surface area contributed by atoms with E-state index in [2.05, 4.69) is 27.0 Å². The zero-order valence-electron chi connectivity index (χ0n) is 16.7. The molecule has 0 radical (unpaired) electrons. The highest BCUT2D eigenvalue weighted by Gasteiger charge is 2.08. The maximum absolute atomic E-state index is 12.0. The number of rotatable bonds is 6. The Morgan fingerprint density at radius 2 is 1.83 bits per heavy atom. The molecule has 7 heteroatoms. The molecule has 2 amide bonds. The lowest BCUT2D eigenvalue weighted by molar-refractivity contribution is 0.252. The number of hydrogen-bond donors (Lipinski definition) is 3. The quantitative estimate of drug-likeness (QED) is 0.409. The van der Waals surface area contributed by atoms with Gasteiger partial charge in [-0.25, -0.2) is 9.78 Å². The van der Waals surface area contributed by atoms with E-state index >= 15 is 0 Å². The van der Waals surface area contributed by atoms with Gasteiger partial charge in [-0.3, -0.25) is 0 Å². The molecule has 3 N–H and O–H groups in total. The van der Waals surface area contributed by atoms with Crippen LogP contribution in [-0.2, 0) is 0 Å². The summed E-state index contributed by atoms with van der Waals surface area (Å²) in [5.74, 6) is 0.526. The molecule has 0 fully saturated rings. The Hall–Kier alpha value is -3.24. The number of aryl methyl sites for hydroxylation is 2. The molecule has 1 heterocycles. The number of thioether (sulfide) groups is 1. The number of urea groups is 1. The Labute approximate surface area is 174 Å². The Bertz CT molecular complexity index is 1070. The normalized spacial score (nSPS) is 10.4. The van der Waals surface area contributed by atoms with Crippen molar-refractivity contribution >= 4 is 40.2 Å². The number of hydrogen-bond acceptors (Lipinski definition) is 5. The summed E-state index contributed by atoms with van der Waals surface area (Å²) in [6, 6.07) is 15.5. The molecule has 0 aliphatic carbocycles. The van der Waals surface area contributed by atoms with Crippen molar-refractivity contribution in [3.63, 3.8) is 0 Å². The number of amides is 2. The smallest absolute Gasteiger partial charge is 0.319 e. The molecular weight excluding hydrogens is 382 g/mol. The summed E-state index contributed by atoms with van der Waals surface area (Å²) in [7, 11) is 0. The molecule has 0 bridgehead atoms. The highest BCUT2D eigenvalue weighted by atomic mass is 32.2. The number of nitrogens with one attached hydrogen (secondary N) is 3. The predicted octanol–water partition coefficient (Wildman–Crippen LogP) is 4.68. The predicted molar refractivity (Wildman–Crippen MR) is 120 cm³/mol. The van der Waals surface area contributed by atoms with Gasteiger partial charge in [-0.05, 0) is 73.7 Å². The molecule has 0 aliphatic rings. The van der Waals surface area contributed by atoms with Gasteiger partial charge in [-0.2, -0.15) is 5.26 Å². The molecule has 2 aromatic carbocycles. The van der Waals surface area contributed by atoms with Crippen molar-refractivity contribution in [1.82, 2.24) is 10.3 Å². The zero-order valence-corrected chi connectivity index (χ0v) is 17.5.